The number of hydrogen-bond acceptors (Lipinski definition) is 11. The van der Waals surface area contributed by atoms with Gasteiger partial charge in [-0.3, -0.25) is 23.2 Å². The van der Waals surface area contributed by atoms with Crippen LogP contribution in [0.5, 0.6) is 0 Å². The van der Waals surface area contributed by atoms with Gasteiger partial charge in [-0.25, -0.2) is 9.13 Å². The van der Waals surface area contributed by atoms with E-state index in [4.69, 9.17) is 23.8 Å². The van der Waals surface area contributed by atoms with Crippen molar-refractivity contribution in [3.8, 4) is 0 Å². The monoisotopic (exact) mass is 812 g/mol. The second-order valence-corrected chi connectivity index (χ2v) is 16.6. The maximum absolute atomic E-state index is 12.6. The van der Waals surface area contributed by atoms with Gasteiger partial charge in [-0.1, -0.05) is 134 Å². The summed E-state index contributed by atoms with van der Waals surface area (Å²) < 4.78 is 47.5. The molecule has 0 bridgehead atoms. The molecule has 0 aromatic carbocycles. The number of ether oxygens (including phenoxy) is 2. The van der Waals surface area contributed by atoms with E-state index in [1.54, 1.807) is 6.08 Å². The molecule has 0 radical (unpaired) electrons. The normalized spacial score (nSPS) is 15.3. The standard InChI is InChI=1S/C38H70O14P2/c1-4-5-6-7-10-15-20-25-34(39)26-21-16-13-18-23-28-38(42)52-36(32-51-54(46,47)50-30-35(40)29-49-53(43,44)45)31-48-37(41)27-22-17-12-9-8-11-14-19-24-33(2)3/h5-6,10,15,20,25,33-36,39-40H,4,7-9,11-14,16-19,21-24,26-32H2,1-3H3,(H,46,47)(H2,43,44,45)/b6-5+,15-10+,25-20+/t34?,35-,36+/m0/s1. The van der Waals surface area contributed by atoms with Gasteiger partial charge in [-0.2, -0.15) is 0 Å². The molecule has 0 aliphatic rings. The number of carbonyl (C=O) groups is 2. The van der Waals surface area contributed by atoms with Crippen LogP contribution in [0.1, 0.15) is 143 Å². The molecular formula is C38H70O14P2. The van der Waals surface area contributed by atoms with Crippen LogP contribution in [0.4, 0.5) is 0 Å². The number of hydrogen-bond donors (Lipinski definition) is 5. The highest BCUT2D eigenvalue weighted by molar-refractivity contribution is 7.47. The van der Waals surface area contributed by atoms with Gasteiger partial charge in [-0.05, 0) is 38.0 Å². The van der Waals surface area contributed by atoms with Crippen LogP contribution in [0.25, 0.3) is 0 Å². The predicted molar refractivity (Wildman–Crippen MR) is 208 cm³/mol. The molecule has 54 heavy (non-hydrogen) atoms. The van der Waals surface area contributed by atoms with Gasteiger partial charge >= 0.3 is 27.6 Å². The minimum absolute atomic E-state index is 0.0619. The molecule has 0 rings (SSSR count). The maximum atomic E-state index is 12.6. The van der Waals surface area contributed by atoms with Gasteiger partial charge in [-0.15, -0.1) is 0 Å². The van der Waals surface area contributed by atoms with Crippen molar-refractivity contribution in [3.05, 3.63) is 36.5 Å². The Labute approximate surface area is 323 Å². The molecule has 0 fully saturated rings. The lowest BCUT2D eigenvalue weighted by Gasteiger charge is -2.20. The molecule has 16 heteroatoms. The van der Waals surface area contributed by atoms with Crippen molar-refractivity contribution in [3.63, 3.8) is 0 Å². The van der Waals surface area contributed by atoms with E-state index in [-0.39, 0.29) is 12.8 Å². The number of esters is 2. The first-order chi connectivity index (χ1) is 25.6. The van der Waals surface area contributed by atoms with Crippen LogP contribution in [0.3, 0.4) is 0 Å². The molecule has 0 saturated carbocycles. The molecule has 2 unspecified atom stereocenters. The van der Waals surface area contributed by atoms with E-state index in [0.29, 0.717) is 19.3 Å². The number of aliphatic hydroxyl groups is 2. The average molecular weight is 813 g/mol. The zero-order valence-corrected chi connectivity index (χ0v) is 34.6. The lowest BCUT2D eigenvalue weighted by atomic mass is 10.0. The fourth-order valence-electron chi connectivity index (χ4n) is 5.07. The molecule has 0 aliphatic carbocycles. The van der Waals surface area contributed by atoms with E-state index in [1.807, 2.05) is 18.2 Å². The topological polar surface area (TPSA) is 216 Å². The third-order valence-corrected chi connectivity index (χ3v) is 9.50. The molecule has 0 aromatic heterocycles. The molecule has 0 aliphatic heterocycles. The second kappa shape index (κ2) is 33.4. The SMILES string of the molecule is CC/C=C/C/C=C/C=C/C(O)CCCCCCCC(=O)O[C@H](COC(=O)CCCCCCCCCCC(C)C)COP(=O)(O)OC[C@@H](O)COP(=O)(O)O. The summed E-state index contributed by atoms with van der Waals surface area (Å²) in [6, 6.07) is 0. The highest BCUT2D eigenvalue weighted by atomic mass is 31.2. The summed E-state index contributed by atoms with van der Waals surface area (Å²) in [5.41, 5.74) is 0. The van der Waals surface area contributed by atoms with Crippen molar-refractivity contribution in [1.82, 2.24) is 0 Å². The van der Waals surface area contributed by atoms with E-state index in [0.717, 1.165) is 63.7 Å². The molecule has 316 valence electrons. The number of allylic oxidation sites excluding steroid dienone is 5. The van der Waals surface area contributed by atoms with Crippen LogP contribution in [-0.4, -0.2) is 81.6 Å². The highest BCUT2D eigenvalue weighted by Crippen LogP contribution is 2.43. The van der Waals surface area contributed by atoms with Gasteiger partial charge < -0.3 is 34.4 Å². The summed E-state index contributed by atoms with van der Waals surface area (Å²) in [5.74, 6) is -0.375. The first kappa shape index (κ1) is 52.3. The average Bonchev–Trinajstić information content (AvgIpc) is 3.10. The summed E-state index contributed by atoms with van der Waals surface area (Å²) in [7, 11) is -9.70. The van der Waals surface area contributed by atoms with Crippen molar-refractivity contribution < 1.29 is 66.7 Å². The summed E-state index contributed by atoms with van der Waals surface area (Å²) >= 11 is 0. The van der Waals surface area contributed by atoms with Crippen molar-refractivity contribution >= 4 is 27.6 Å². The minimum Gasteiger partial charge on any atom is -0.462 e. The summed E-state index contributed by atoms with van der Waals surface area (Å²) in [6.45, 7) is 3.75. The lowest BCUT2D eigenvalue weighted by molar-refractivity contribution is -0.161. The molecule has 4 atom stereocenters. The van der Waals surface area contributed by atoms with Crippen molar-refractivity contribution in [1.29, 1.82) is 0 Å². The van der Waals surface area contributed by atoms with Gasteiger partial charge in [0.05, 0.1) is 25.9 Å². The number of aliphatic hydroxyl groups excluding tert-OH is 2. The predicted octanol–water partition coefficient (Wildman–Crippen LogP) is 8.16. The minimum atomic E-state index is -4.87. The Bertz CT molecular complexity index is 1140. The van der Waals surface area contributed by atoms with Gasteiger partial charge in [0.1, 0.15) is 12.7 Å². The summed E-state index contributed by atoms with van der Waals surface area (Å²) in [6.07, 6.45) is 24.7. The summed E-state index contributed by atoms with van der Waals surface area (Å²) in [4.78, 5) is 52.5. The third-order valence-electron chi connectivity index (χ3n) is 8.07. The summed E-state index contributed by atoms with van der Waals surface area (Å²) in [5, 5.41) is 19.8. The molecule has 14 nitrogen and oxygen atoms in total. The van der Waals surface area contributed by atoms with Crippen LogP contribution in [0.15, 0.2) is 36.5 Å². The molecular weight excluding hydrogens is 742 g/mol. The Hall–Kier alpha value is -1.70. The Balaban J connectivity index is 4.67. The molecule has 0 amide bonds. The first-order valence-electron chi connectivity index (χ1n) is 19.6. The largest absolute Gasteiger partial charge is 0.472 e. The quantitative estimate of drug-likeness (QED) is 0.0133. The van der Waals surface area contributed by atoms with Crippen LogP contribution in [0, 0.1) is 5.92 Å². The molecule has 5 N–H and O–H groups in total. The number of phosphoric acid groups is 2. The fraction of sp³-hybridized carbons (Fsp3) is 0.789. The number of rotatable bonds is 36. The van der Waals surface area contributed by atoms with Crippen LogP contribution >= 0.6 is 15.6 Å². The number of carbonyl (C=O) groups excluding carboxylic acids is 2. The third kappa shape index (κ3) is 37.2. The van der Waals surface area contributed by atoms with Crippen molar-refractivity contribution in [2.45, 2.75) is 161 Å². The molecule has 0 aromatic rings. The second-order valence-electron chi connectivity index (χ2n) is 13.9. The Morgan fingerprint density at radius 3 is 1.76 bits per heavy atom. The van der Waals surface area contributed by atoms with Gasteiger partial charge in [0.15, 0.2) is 6.10 Å². The van der Waals surface area contributed by atoms with E-state index in [9.17, 15) is 33.8 Å². The highest BCUT2D eigenvalue weighted by Gasteiger charge is 2.28. The van der Waals surface area contributed by atoms with E-state index in [2.05, 4.69) is 42.0 Å². The van der Waals surface area contributed by atoms with E-state index in [1.165, 1.54) is 32.1 Å². The van der Waals surface area contributed by atoms with Gasteiger partial charge in [0.25, 0.3) is 0 Å². The van der Waals surface area contributed by atoms with Crippen LogP contribution < -0.4 is 0 Å². The maximum Gasteiger partial charge on any atom is 0.472 e. The first-order valence-corrected chi connectivity index (χ1v) is 22.7. The van der Waals surface area contributed by atoms with E-state index >= 15 is 0 Å². The Morgan fingerprint density at radius 2 is 1.17 bits per heavy atom. The van der Waals surface area contributed by atoms with Crippen LogP contribution in [-0.2, 0) is 41.8 Å². The number of unbranched alkanes of at least 4 members (excludes halogenated alkanes) is 11. The Morgan fingerprint density at radius 1 is 0.630 bits per heavy atom. The van der Waals surface area contributed by atoms with Crippen LogP contribution in [0.2, 0.25) is 0 Å². The molecule has 0 heterocycles. The van der Waals surface area contributed by atoms with Gasteiger partial charge in [0.2, 0.25) is 0 Å². The zero-order valence-electron chi connectivity index (χ0n) is 32.8. The van der Waals surface area contributed by atoms with Crippen molar-refractivity contribution in [2.24, 2.45) is 5.92 Å². The Kier molecular flexibility index (Phi) is 32.4. The smallest absolute Gasteiger partial charge is 0.462 e. The van der Waals surface area contributed by atoms with Gasteiger partial charge in [0, 0.05) is 12.8 Å². The molecule has 0 saturated heterocycles. The fourth-order valence-corrected chi connectivity index (χ4v) is 6.22. The molecule has 0 spiro atoms. The van der Waals surface area contributed by atoms with E-state index < -0.39 is 72.3 Å². The number of phosphoric ester groups is 2. The zero-order chi connectivity index (χ0) is 40.5. The lowest BCUT2D eigenvalue weighted by Crippen LogP contribution is -2.30. The van der Waals surface area contributed by atoms with Crippen molar-refractivity contribution in [2.75, 3.05) is 26.4 Å².